The first-order valence-electron chi connectivity index (χ1n) is 8.64. The van der Waals surface area contributed by atoms with E-state index in [1.165, 1.54) is 0 Å². The molecule has 2 amide bonds. The standard InChI is InChI=1S/C20H21F3N2O2/c1-2-3-4-14-5-7-15(8-6-14)19(27)24-13-18(26)25-17-11-9-16(10-12-17)20(21,22)23/h5-12H,2-4,13H2,1H3,(H,24,27)(H,25,26). The lowest BCUT2D eigenvalue weighted by Crippen LogP contribution is -2.32. The second kappa shape index (κ2) is 9.21. The summed E-state index contributed by atoms with van der Waals surface area (Å²) < 4.78 is 37.5. The minimum atomic E-state index is -4.43. The van der Waals surface area contributed by atoms with Crippen molar-refractivity contribution < 1.29 is 22.8 Å². The molecule has 0 spiro atoms. The Morgan fingerprint density at radius 1 is 0.963 bits per heavy atom. The number of hydrogen-bond acceptors (Lipinski definition) is 2. The predicted octanol–water partition coefficient (Wildman–Crippen LogP) is 4.42. The summed E-state index contributed by atoms with van der Waals surface area (Å²) in [4.78, 5) is 23.9. The second-order valence-corrected chi connectivity index (χ2v) is 6.11. The van der Waals surface area contributed by atoms with Crippen molar-refractivity contribution in [1.82, 2.24) is 5.32 Å². The number of anilines is 1. The number of benzene rings is 2. The van der Waals surface area contributed by atoms with Crippen LogP contribution in [0.1, 0.15) is 41.3 Å². The van der Waals surface area contributed by atoms with Crippen LogP contribution in [0.3, 0.4) is 0 Å². The highest BCUT2D eigenvalue weighted by Gasteiger charge is 2.29. The Morgan fingerprint density at radius 3 is 2.15 bits per heavy atom. The third-order valence-corrected chi connectivity index (χ3v) is 3.94. The summed E-state index contributed by atoms with van der Waals surface area (Å²) in [5, 5.41) is 4.92. The highest BCUT2D eigenvalue weighted by Crippen LogP contribution is 2.29. The molecule has 144 valence electrons. The number of hydrogen-bond donors (Lipinski definition) is 2. The van der Waals surface area contributed by atoms with Gasteiger partial charge in [-0.05, 0) is 54.8 Å². The molecule has 0 aliphatic heterocycles. The van der Waals surface area contributed by atoms with Crippen LogP contribution in [0.15, 0.2) is 48.5 Å². The van der Waals surface area contributed by atoms with Crippen LogP contribution in [0.25, 0.3) is 0 Å². The largest absolute Gasteiger partial charge is 0.416 e. The Bertz CT molecular complexity index is 769. The molecule has 2 N–H and O–H groups in total. The maximum absolute atomic E-state index is 12.5. The van der Waals surface area contributed by atoms with Crippen LogP contribution in [-0.4, -0.2) is 18.4 Å². The van der Waals surface area contributed by atoms with Crippen molar-refractivity contribution in [2.45, 2.75) is 32.4 Å². The molecule has 0 saturated heterocycles. The molecule has 0 radical (unpaired) electrons. The molecule has 27 heavy (non-hydrogen) atoms. The smallest absolute Gasteiger partial charge is 0.343 e. The molecule has 2 aromatic carbocycles. The molecule has 0 aromatic heterocycles. The highest BCUT2D eigenvalue weighted by molar-refractivity contribution is 5.99. The summed E-state index contributed by atoms with van der Waals surface area (Å²) in [7, 11) is 0. The number of carbonyl (C=O) groups excluding carboxylic acids is 2. The van der Waals surface area contributed by atoms with E-state index in [-0.39, 0.29) is 18.1 Å². The van der Waals surface area contributed by atoms with Crippen molar-refractivity contribution >= 4 is 17.5 Å². The number of amides is 2. The zero-order valence-corrected chi connectivity index (χ0v) is 14.9. The minimum absolute atomic E-state index is 0.225. The number of unbranched alkanes of at least 4 members (excludes halogenated alkanes) is 1. The van der Waals surface area contributed by atoms with E-state index in [1.807, 2.05) is 12.1 Å². The molecule has 0 atom stereocenters. The molecular weight excluding hydrogens is 357 g/mol. The van der Waals surface area contributed by atoms with Crippen molar-refractivity contribution in [3.8, 4) is 0 Å². The molecule has 0 heterocycles. The second-order valence-electron chi connectivity index (χ2n) is 6.11. The van der Waals surface area contributed by atoms with Gasteiger partial charge in [-0.1, -0.05) is 25.5 Å². The van der Waals surface area contributed by atoms with Gasteiger partial charge in [-0.15, -0.1) is 0 Å². The molecule has 0 aliphatic rings. The molecule has 2 aromatic rings. The SMILES string of the molecule is CCCCc1ccc(C(=O)NCC(=O)Nc2ccc(C(F)(F)F)cc2)cc1. The van der Waals surface area contributed by atoms with Gasteiger partial charge in [-0.25, -0.2) is 0 Å². The summed E-state index contributed by atoms with van der Waals surface area (Å²) >= 11 is 0. The zero-order valence-electron chi connectivity index (χ0n) is 14.9. The first-order chi connectivity index (χ1) is 12.8. The van der Waals surface area contributed by atoms with Gasteiger partial charge in [0, 0.05) is 11.3 Å². The lowest BCUT2D eigenvalue weighted by atomic mass is 10.1. The van der Waals surface area contributed by atoms with Crippen LogP contribution in [0, 0.1) is 0 Å². The number of alkyl halides is 3. The number of aryl methyl sites for hydroxylation is 1. The van der Waals surface area contributed by atoms with Gasteiger partial charge in [-0.3, -0.25) is 9.59 Å². The minimum Gasteiger partial charge on any atom is -0.343 e. The van der Waals surface area contributed by atoms with Crippen LogP contribution in [-0.2, 0) is 17.4 Å². The molecule has 0 saturated carbocycles. The normalized spacial score (nSPS) is 11.1. The monoisotopic (exact) mass is 378 g/mol. The van der Waals surface area contributed by atoms with Crippen LogP contribution < -0.4 is 10.6 Å². The molecule has 7 heteroatoms. The van der Waals surface area contributed by atoms with Crippen molar-refractivity contribution in [2.75, 3.05) is 11.9 Å². The molecule has 0 aliphatic carbocycles. The first-order valence-corrected chi connectivity index (χ1v) is 8.64. The summed E-state index contributed by atoms with van der Waals surface area (Å²) in [6.45, 7) is 1.83. The van der Waals surface area contributed by atoms with E-state index >= 15 is 0 Å². The fraction of sp³-hybridized carbons (Fsp3) is 0.300. The van der Waals surface area contributed by atoms with Gasteiger partial charge >= 0.3 is 6.18 Å². The highest BCUT2D eigenvalue weighted by atomic mass is 19.4. The van der Waals surface area contributed by atoms with Crippen LogP contribution in [0.5, 0.6) is 0 Å². The van der Waals surface area contributed by atoms with Crippen LogP contribution in [0.2, 0.25) is 0 Å². The van der Waals surface area contributed by atoms with Crippen LogP contribution in [0.4, 0.5) is 18.9 Å². The first kappa shape index (κ1) is 20.5. The van der Waals surface area contributed by atoms with E-state index in [4.69, 9.17) is 0 Å². The average Bonchev–Trinajstić information content (AvgIpc) is 2.64. The summed E-state index contributed by atoms with van der Waals surface area (Å²) in [5.74, 6) is -0.915. The van der Waals surface area contributed by atoms with E-state index in [9.17, 15) is 22.8 Å². The Hall–Kier alpha value is -2.83. The van der Waals surface area contributed by atoms with Crippen molar-refractivity contribution in [3.05, 3.63) is 65.2 Å². The van der Waals surface area contributed by atoms with Gasteiger partial charge in [0.2, 0.25) is 5.91 Å². The number of nitrogens with one attached hydrogen (secondary N) is 2. The van der Waals surface area contributed by atoms with Crippen LogP contribution >= 0.6 is 0 Å². The maximum atomic E-state index is 12.5. The van der Waals surface area contributed by atoms with Crippen molar-refractivity contribution in [3.63, 3.8) is 0 Å². The van der Waals surface area contributed by atoms with Gasteiger partial charge in [0.15, 0.2) is 0 Å². The predicted molar refractivity (Wildman–Crippen MR) is 97.5 cm³/mol. The quantitative estimate of drug-likeness (QED) is 0.750. The van der Waals surface area contributed by atoms with E-state index in [0.29, 0.717) is 5.56 Å². The number of halogens is 3. The molecule has 0 bridgehead atoms. The fourth-order valence-electron chi connectivity index (χ4n) is 2.41. The van der Waals surface area contributed by atoms with Crippen molar-refractivity contribution in [2.24, 2.45) is 0 Å². The topological polar surface area (TPSA) is 58.2 Å². The number of rotatable bonds is 7. The van der Waals surface area contributed by atoms with Gasteiger partial charge in [-0.2, -0.15) is 13.2 Å². The fourth-order valence-corrected chi connectivity index (χ4v) is 2.41. The number of carbonyl (C=O) groups is 2. The van der Waals surface area contributed by atoms with E-state index in [1.54, 1.807) is 12.1 Å². The third-order valence-electron chi connectivity index (χ3n) is 3.94. The van der Waals surface area contributed by atoms with E-state index in [0.717, 1.165) is 49.1 Å². The van der Waals surface area contributed by atoms with Gasteiger partial charge in [0.25, 0.3) is 5.91 Å². The average molecular weight is 378 g/mol. The Labute approximate surface area is 155 Å². The Morgan fingerprint density at radius 2 is 1.59 bits per heavy atom. The van der Waals surface area contributed by atoms with Gasteiger partial charge in [0.05, 0.1) is 12.1 Å². The van der Waals surface area contributed by atoms with E-state index < -0.39 is 17.6 Å². The lowest BCUT2D eigenvalue weighted by molar-refractivity contribution is -0.137. The Balaban J connectivity index is 1.83. The lowest BCUT2D eigenvalue weighted by Gasteiger charge is -2.09. The molecule has 2 rings (SSSR count). The summed E-state index contributed by atoms with van der Waals surface area (Å²) in [6.07, 6.45) is -1.30. The zero-order chi connectivity index (χ0) is 19.9. The third kappa shape index (κ3) is 6.44. The van der Waals surface area contributed by atoms with Gasteiger partial charge in [0.1, 0.15) is 0 Å². The Kier molecular flexibility index (Phi) is 6.98. The molecule has 4 nitrogen and oxygen atoms in total. The molecular formula is C20H21F3N2O2. The molecule has 0 unspecified atom stereocenters. The van der Waals surface area contributed by atoms with Gasteiger partial charge < -0.3 is 10.6 Å². The maximum Gasteiger partial charge on any atom is 0.416 e. The molecule has 0 fully saturated rings. The van der Waals surface area contributed by atoms with E-state index in [2.05, 4.69) is 17.6 Å². The summed E-state index contributed by atoms with van der Waals surface area (Å²) in [6, 6.07) is 11.3. The van der Waals surface area contributed by atoms with Crippen molar-refractivity contribution in [1.29, 1.82) is 0 Å². The summed E-state index contributed by atoms with van der Waals surface area (Å²) in [5.41, 5.74) is 1.02.